The zero-order valence-corrected chi connectivity index (χ0v) is 10.9. The van der Waals surface area contributed by atoms with Crippen LogP contribution in [0, 0.1) is 6.92 Å². The first-order chi connectivity index (χ1) is 9.13. The normalized spacial score (nSPS) is 10.2. The van der Waals surface area contributed by atoms with Gasteiger partial charge in [0.1, 0.15) is 5.75 Å². The standard InChI is InChI=1S/C15H15NO3/c1-3-19-11-4-5-12(10(2)8-11)13-6-7-16-9-14(13)15(17)18/h4-9H,3H2,1-2H3,(H,17,18). The molecule has 4 heteroatoms. The Kier molecular flexibility index (Phi) is 3.80. The van der Waals surface area contributed by atoms with E-state index in [4.69, 9.17) is 4.74 Å². The van der Waals surface area contributed by atoms with Gasteiger partial charge in [0, 0.05) is 12.4 Å². The van der Waals surface area contributed by atoms with E-state index in [1.54, 1.807) is 12.3 Å². The molecule has 0 aliphatic rings. The molecule has 1 N–H and O–H groups in total. The monoisotopic (exact) mass is 257 g/mol. The Labute approximate surface area is 111 Å². The molecule has 0 unspecified atom stereocenters. The number of hydrogen-bond donors (Lipinski definition) is 1. The number of pyridine rings is 1. The SMILES string of the molecule is CCOc1ccc(-c2ccncc2C(=O)O)c(C)c1. The first kappa shape index (κ1) is 13.1. The zero-order chi connectivity index (χ0) is 13.8. The minimum Gasteiger partial charge on any atom is -0.494 e. The molecule has 0 radical (unpaired) electrons. The van der Waals surface area contributed by atoms with Crippen LogP contribution in [-0.2, 0) is 0 Å². The first-order valence-electron chi connectivity index (χ1n) is 6.04. The van der Waals surface area contributed by atoms with Gasteiger partial charge in [-0.05, 0) is 48.7 Å². The Hall–Kier alpha value is -2.36. The van der Waals surface area contributed by atoms with E-state index in [9.17, 15) is 9.90 Å². The van der Waals surface area contributed by atoms with E-state index in [1.807, 2.05) is 32.0 Å². The summed E-state index contributed by atoms with van der Waals surface area (Å²) in [6, 6.07) is 7.34. The fourth-order valence-electron chi connectivity index (χ4n) is 1.99. The average molecular weight is 257 g/mol. The lowest BCUT2D eigenvalue weighted by atomic mass is 9.97. The van der Waals surface area contributed by atoms with Gasteiger partial charge in [0.25, 0.3) is 0 Å². The highest BCUT2D eigenvalue weighted by molar-refractivity contribution is 5.96. The number of hydrogen-bond acceptors (Lipinski definition) is 3. The van der Waals surface area contributed by atoms with Crippen molar-refractivity contribution < 1.29 is 14.6 Å². The number of benzene rings is 1. The van der Waals surface area contributed by atoms with E-state index in [0.29, 0.717) is 12.2 Å². The number of ether oxygens (including phenoxy) is 1. The Balaban J connectivity index is 2.50. The van der Waals surface area contributed by atoms with Crippen LogP contribution in [0.2, 0.25) is 0 Å². The molecule has 0 atom stereocenters. The lowest BCUT2D eigenvalue weighted by Gasteiger charge is -2.11. The molecule has 1 aromatic heterocycles. The van der Waals surface area contributed by atoms with Crippen molar-refractivity contribution >= 4 is 5.97 Å². The highest BCUT2D eigenvalue weighted by atomic mass is 16.5. The summed E-state index contributed by atoms with van der Waals surface area (Å²) < 4.78 is 5.43. The minimum atomic E-state index is -0.976. The highest BCUT2D eigenvalue weighted by Crippen LogP contribution is 2.29. The van der Waals surface area contributed by atoms with Gasteiger partial charge in [-0.25, -0.2) is 4.79 Å². The topological polar surface area (TPSA) is 59.4 Å². The number of carbonyl (C=O) groups is 1. The van der Waals surface area contributed by atoms with Crippen LogP contribution in [-0.4, -0.2) is 22.7 Å². The maximum Gasteiger partial charge on any atom is 0.337 e. The van der Waals surface area contributed by atoms with E-state index in [2.05, 4.69) is 4.98 Å². The maximum atomic E-state index is 11.2. The van der Waals surface area contributed by atoms with Crippen molar-refractivity contribution in [3.05, 3.63) is 47.8 Å². The Morgan fingerprint density at radius 1 is 1.32 bits per heavy atom. The van der Waals surface area contributed by atoms with E-state index in [-0.39, 0.29) is 5.56 Å². The van der Waals surface area contributed by atoms with Crippen LogP contribution in [0.3, 0.4) is 0 Å². The van der Waals surface area contributed by atoms with Crippen LogP contribution in [0.15, 0.2) is 36.7 Å². The predicted molar refractivity (Wildman–Crippen MR) is 72.5 cm³/mol. The summed E-state index contributed by atoms with van der Waals surface area (Å²) in [5, 5.41) is 9.19. The third-order valence-corrected chi connectivity index (χ3v) is 2.85. The molecule has 0 spiro atoms. The van der Waals surface area contributed by atoms with Crippen molar-refractivity contribution in [1.82, 2.24) is 4.98 Å². The molecular weight excluding hydrogens is 242 g/mol. The number of aromatic carboxylic acids is 1. The van der Waals surface area contributed by atoms with Gasteiger partial charge in [0.15, 0.2) is 0 Å². The summed E-state index contributed by atoms with van der Waals surface area (Å²) >= 11 is 0. The van der Waals surface area contributed by atoms with Crippen LogP contribution < -0.4 is 4.74 Å². The molecule has 0 aliphatic carbocycles. The Morgan fingerprint density at radius 3 is 2.74 bits per heavy atom. The molecule has 0 aliphatic heterocycles. The number of carboxylic acid groups (broad SMARTS) is 1. The van der Waals surface area contributed by atoms with Crippen LogP contribution in [0.25, 0.3) is 11.1 Å². The second-order valence-corrected chi connectivity index (χ2v) is 4.14. The highest BCUT2D eigenvalue weighted by Gasteiger charge is 2.13. The number of nitrogens with zero attached hydrogens (tertiary/aromatic N) is 1. The van der Waals surface area contributed by atoms with Crippen LogP contribution in [0.5, 0.6) is 5.75 Å². The third-order valence-electron chi connectivity index (χ3n) is 2.85. The zero-order valence-electron chi connectivity index (χ0n) is 10.9. The number of aromatic nitrogens is 1. The molecular formula is C15H15NO3. The van der Waals surface area contributed by atoms with Gasteiger partial charge in [-0.2, -0.15) is 0 Å². The van der Waals surface area contributed by atoms with Gasteiger partial charge >= 0.3 is 5.97 Å². The molecule has 98 valence electrons. The Morgan fingerprint density at radius 2 is 2.11 bits per heavy atom. The first-order valence-corrected chi connectivity index (χ1v) is 6.04. The van der Waals surface area contributed by atoms with Gasteiger partial charge < -0.3 is 9.84 Å². The number of aryl methyl sites for hydroxylation is 1. The number of rotatable bonds is 4. The molecule has 1 heterocycles. The number of carboxylic acids is 1. The van der Waals surface area contributed by atoms with Crippen molar-refractivity contribution in [3.8, 4) is 16.9 Å². The molecule has 0 fully saturated rings. The smallest absolute Gasteiger partial charge is 0.337 e. The summed E-state index contributed by atoms with van der Waals surface area (Å²) in [6.07, 6.45) is 2.96. The molecule has 2 aromatic rings. The molecule has 4 nitrogen and oxygen atoms in total. The van der Waals surface area contributed by atoms with Crippen LogP contribution in [0.1, 0.15) is 22.8 Å². The van der Waals surface area contributed by atoms with Gasteiger partial charge in [-0.3, -0.25) is 4.98 Å². The quantitative estimate of drug-likeness (QED) is 0.914. The summed E-state index contributed by atoms with van der Waals surface area (Å²) in [5.41, 5.74) is 2.72. The predicted octanol–water partition coefficient (Wildman–Crippen LogP) is 3.15. The van der Waals surface area contributed by atoms with E-state index in [0.717, 1.165) is 16.9 Å². The molecule has 0 amide bonds. The summed E-state index contributed by atoms with van der Waals surface area (Å²) in [7, 11) is 0. The van der Waals surface area contributed by atoms with E-state index < -0.39 is 5.97 Å². The third kappa shape index (κ3) is 2.73. The molecule has 0 bridgehead atoms. The molecule has 19 heavy (non-hydrogen) atoms. The summed E-state index contributed by atoms with van der Waals surface area (Å²) in [6.45, 7) is 4.47. The second kappa shape index (κ2) is 5.52. The molecule has 2 rings (SSSR count). The Bertz CT molecular complexity index is 608. The lowest BCUT2D eigenvalue weighted by Crippen LogP contribution is -2.01. The van der Waals surface area contributed by atoms with Crippen molar-refractivity contribution in [3.63, 3.8) is 0 Å². The van der Waals surface area contributed by atoms with Crippen molar-refractivity contribution in [2.24, 2.45) is 0 Å². The minimum absolute atomic E-state index is 0.203. The van der Waals surface area contributed by atoms with Crippen molar-refractivity contribution in [1.29, 1.82) is 0 Å². The van der Waals surface area contributed by atoms with Gasteiger partial charge in [-0.1, -0.05) is 6.07 Å². The van der Waals surface area contributed by atoms with Crippen LogP contribution in [0.4, 0.5) is 0 Å². The van der Waals surface area contributed by atoms with Crippen molar-refractivity contribution in [2.45, 2.75) is 13.8 Å². The second-order valence-electron chi connectivity index (χ2n) is 4.14. The van der Waals surface area contributed by atoms with Gasteiger partial charge in [-0.15, -0.1) is 0 Å². The lowest BCUT2D eigenvalue weighted by molar-refractivity contribution is 0.0697. The largest absolute Gasteiger partial charge is 0.494 e. The average Bonchev–Trinajstić information content (AvgIpc) is 2.39. The fourth-order valence-corrected chi connectivity index (χ4v) is 1.99. The fraction of sp³-hybridized carbons (Fsp3) is 0.200. The molecule has 1 aromatic carbocycles. The van der Waals surface area contributed by atoms with Gasteiger partial charge in [0.2, 0.25) is 0 Å². The van der Waals surface area contributed by atoms with Gasteiger partial charge in [0.05, 0.1) is 12.2 Å². The van der Waals surface area contributed by atoms with E-state index in [1.165, 1.54) is 6.20 Å². The summed E-state index contributed by atoms with van der Waals surface area (Å²) in [4.78, 5) is 15.1. The summed E-state index contributed by atoms with van der Waals surface area (Å²) in [5.74, 6) is -0.189. The van der Waals surface area contributed by atoms with Crippen molar-refractivity contribution in [2.75, 3.05) is 6.61 Å². The molecule has 0 saturated heterocycles. The molecule has 0 saturated carbocycles. The van der Waals surface area contributed by atoms with Crippen LogP contribution >= 0.6 is 0 Å². The van der Waals surface area contributed by atoms with E-state index >= 15 is 0 Å². The maximum absolute atomic E-state index is 11.2.